The maximum Gasteiger partial charge on any atom is 0.0717 e. The lowest BCUT2D eigenvalue weighted by Gasteiger charge is -2.14. The van der Waals surface area contributed by atoms with Crippen LogP contribution in [0.5, 0.6) is 0 Å². The largest absolute Gasteiger partial charge is 0.311 e. The standard InChI is InChI=1S/C10H13BrN2/c1-3-5-9(12-2)10-8(11)6-4-7-13-10/h3-4,6-7,9,12H,1,5H2,2H3. The molecule has 0 aromatic carbocycles. The lowest BCUT2D eigenvalue weighted by molar-refractivity contribution is 0.584. The van der Waals surface area contributed by atoms with Gasteiger partial charge >= 0.3 is 0 Å². The van der Waals surface area contributed by atoms with Gasteiger partial charge in [0.2, 0.25) is 0 Å². The van der Waals surface area contributed by atoms with E-state index in [4.69, 9.17) is 0 Å². The lowest BCUT2D eigenvalue weighted by Crippen LogP contribution is -2.17. The Hall–Kier alpha value is -0.670. The van der Waals surface area contributed by atoms with Crippen molar-refractivity contribution in [2.75, 3.05) is 7.05 Å². The zero-order chi connectivity index (χ0) is 9.68. The number of hydrogen-bond acceptors (Lipinski definition) is 2. The second kappa shape index (κ2) is 5.14. The highest BCUT2D eigenvalue weighted by atomic mass is 79.9. The van der Waals surface area contributed by atoms with Crippen molar-refractivity contribution in [1.82, 2.24) is 10.3 Å². The molecule has 1 aromatic heterocycles. The molecule has 0 aliphatic carbocycles. The van der Waals surface area contributed by atoms with Crippen LogP contribution in [0.4, 0.5) is 0 Å². The lowest BCUT2D eigenvalue weighted by atomic mass is 10.1. The van der Waals surface area contributed by atoms with Crippen molar-refractivity contribution >= 4 is 15.9 Å². The SMILES string of the molecule is C=CCC(NC)c1ncccc1Br. The van der Waals surface area contributed by atoms with Gasteiger partial charge in [-0.25, -0.2) is 0 Å². The van der Waals surface area contributed by atoms with E-state index in [2.05, 4.69) is 32.8 Å². The minimum Gasteiger partial charge on any atom is -0.311 e. The monoisotopic (exact) mass is 240 g/mol. The Labute approximate surface area is 87.2 Å². The minimum atomic E-state index is 0.244. The zero-order valence-electron chi connectivity index (χ0n) is 7.63. The second-order valence-corrected chi connectivity index (χ2v) is 3.59. The van der Waals surface area contributed by atoms with Gasteiger partial charge < -0.3 is 5.32 Å². The predicted octanol–water partition coefficient (Wildman–Crippen LogP) is 2.68. The van der Waals surface area contributed by atoms with Crippen molar-refractivity contribution < 1.29 is 0 Å². The van der Waals surface area contributed by atoms with Crippen LogP contribution in [-0.2, 0) is 0 Å². The molecular weight excluding hydrogens is 228 g/mol. The molecule has 0 spiro atoms. The van der Waals surface area contributed by atoms with Gasteiger partial charge in [0.15, 0.2) is 0 Å². The van der Waals surface area contributed by atoms with Crippen molar-refractivity contribution in [3.63, 3.8) is 0 Å². The molecule has 13 heavy (non-hydrogen) atoms. The van der Waals surface area contributed by atoms with Crippen LogP contribution in [0.25, 0.3) is 0 Å². The fraction of sp³-hybridized carbons (Fsp3) is 0.300. The molecule has 0 aliphatic rings. The van der Waals surface area contributed by atoms with Crippen molar-refractivity contribution in [2.24, 2.45) is 0 Å². The van der Waals surface area contributed by atoms with Gasteiger partial charge in [0.25, 0.3) is 0 Å². The number of aromatic nitrogens is 1. The Morgan fingerprint density at radius 2 is 2.54 bits per heavy atom. The third-order valence-corrected chi connectivity index (χ3v) is 2.54. The molecule has 0 bridgehead atoms. The highest BCUT2D eigenvalue weighted by molar-refractivity contribution is 9.10. The summed E-state index contributed by atoms with van der Waals surface area (Å²) in [5.74, 6) is 0. The van der Waals surface area contributed by atoms with Crippen LogP contribution in [0.15, 0.2) is 35.5 Å². The second-order valence-electron chi connectivity index (χ2n) is 2.74. The van der Waals surface area contributed by atoms with E-state index in [9.17, 15) is 0 Å². The fourth-order valence-corrected chi connectivity index (χ4v) is 1.72. The van der Waals surface area contributed by atoms with Gasteiger partial charge in [-0.1, -0.05) is 6.08 Å². The summed E-state index contributed by atoms with van der Waals surface area (Å²) in [5.41, 5.74) is 1.03. The van der Waals surface area contributed by atoms with Crippen LogP contribution in [0.2, 0.25) is 0 Å². The highest BCUT2D eigenvalue weighted by Gasteiger charge is 2.11. The van der Waals surface area contributed by atoms with E-state index in [1.807, 2.05) is 25.3 Å². The molecule has 1 aromatic rings. The molecule has 1 unspecified atom stereocenters. The summed E-state index contributed by atoms with van der Waals surface area (Å²) in [5, 5.41) is 3.20. The summed E-state index contributed by atoms with van der Waals surface area (Å²) in [6.07, 6.45) is 4.57. The van der Waals surface area contributed by atoms with E-state index < -0.39 is 0 Å². The van der Waals surface area contributed by atoms with Crippen LogP contribution in [0.3, 0.4) is 0 Å². The maximum absolute atomic E-state index is 4.31. The maximum atomic E-state index is 4.31. The minimum absolute atomic E-state index is 0.244. The van der Waals surface area contributed by atoms with E-state index in [1.54, 1.807) is 6.20 Å². The van der Waals surface area contributed by atoms with Crippen molar-refractivity contribution in [2.45, 2.75) is 12.5 Å². The zero-order valence-corrected chi connectivity index (χ0v) is 9.21. The van der Waals surface area contributed by atoms with Crippen LogP contribution < -0.4 is 5.32 Å². The normalized spacial score (nSPS) is 12.5. The quantitative estimate of drug-likeness (QED) is 0.820. The van der Waals surface area contributed by atoms with E-state index >= 15 is 0 Å². The van der Waals surface area contributed by atoms with Gasteiger partial charge in [0, 0.05) is 10.7 Å². The molecule has 0 saturated carbocycles. The first-order valence-electron chi connectivity index (χ1n) is 4.18. The smallest absolute Gasteiger partial charge is 0.0717 e. The third-order valence-electron chi connectivity index (χ3n) is 1.87. The molecule has 1 heterocycles. The topological polar surface area (TPSA) is 24.9 Å². The molecule has 70 valence electrons. The Kier molecular flexibility index (Phi) is 4.12. The number of halogens is 1. The molecule has 0 fully saturated rings. The molecule has 0 saturated heterocycles. The van der Waals surface area contributed by atoms with E-state index in [-0.39, 0.29) is 6.04 Å². The van der Waals surface area contributed by atoms with Crippen molar-refractivity contribution in [1.29, 1.82) is 0 Å². The summed E-state index contributed by atoms with van der Waals surface area (Å²) >= 11 is 3.47. The summed E-state index contributed by atoms with van der Waals surface area (Å²) in [7, 11) is 1.93. The summed E-state index contributed by atoms with van der Waals surface area (Å²) in [6, 6.07) is 4.15. The van der Waals surface area contributed by atoms with Gasteiger partial charge in [-0.3, -0.25) is 4.98 Å². The van der Waals surface area contributed by atoms with E-state index in [0.717, 1.165) is 16.6 Å². The molecular formula is C10H13BrN2. The number of pyridine rings is 1. The fourth-order valence-electron chi connectivity index (χ4n) is 1.19. The number of rotatable bonds is 4. The van der Waals surface area contributed by atoms with Crippen molar-refractivity contribution in [3.05, 3.63) is 41.2 Å². The number of hydrogen-bond donors (Lipinski definition) is 1. The first-order valence-corrected chi connectivity index (χ1v) is 4.97. The first kappa shape index (κ1) is 10.4. The number of nitrogens with zero attached hydrogens (tertiary/aromatic N) is 1. The van der Waals surface area contributed by atoms with Gasteiger partial charge in [0.05, 0.1) is 11.7 Å². The van der Waals surface area contributed by atoms with Gasteiger partial charge in [-0.2, -0.15) is 0 Å². The van der Waals surface area contributed by atoms with Gasteiger partial charge in [0.1, 0.15) is 0 Å². The highest BCUT2D eigenvalue weighted by Crippen LogP contribution is 2.22. The van der Waals surface area contributed by atoms with E-state index in [0.29, 0.717) is 0 Å². The van der Waals surface area contributed by atoms with Crippen LogP contribution in [-0.4, -0.2) is 12.0 Å². The average Bonchev–Trinajstić information content (AvgIpc) is 2.16. The molecule has 0 aliphatic heterocycles. The van der Waals surface area contributed by atoms with E-state index in [1.165, 1.54) is 0 Å². The van der Waals surface area contributed by atoms with Gasteiger partial charge in [-0.05, 0) is 41.5 Å². The van der Waals surface area contributed by atoms with Crippen LogP contribution in [0, 0.1) is 0 Å². The molecule has 0 amide bonds. The molecule has 0 radical (unpaired) electrons. The predicted molar refractivity (Wildman–Crippen MR) is 58.6 cm³/mol. The Bertz CT molecular complexity index is 286. The summed E-state index contributed by atoms with van der Waals surface area (Å²) < 4.78 is 1.04. The van der Waals surface area contributed by atoms with Crippen LogP contribution >= 0.6 is 15.9 Å². The Balaban J connectivity index is 2.90. The average molecular weight is 241 g/mol. The molecule has 1 N–H and O–H groups in total. The molecule has 3 heteroatoms. The summed E-state index contributed by atoms with van der Waals surface area (Å²) in [6.45, 7) is 3.72. The summed E-state index contributed by atoms with van der Waals surface area (Å²) in [4.78, 5) is 4.31. The molecule has 1 atom stereocenters. The molecule has 2 nitrogen and oxygen atoms in total. The van der Waals surface area contributed by atoms with Gasteiger partial charge in [-0.15, -0.1) is 6.58 Å². The Morgan fingerprint density at radius 1 is 1.77 bits per heavy atom. The number of nitrogens with one attached hydrogen (secondary N) is 1. The van der Waals surface area contributed by atoms with Crippen molar-refractivity contribution in [3.8, 4) is 0 Å². The first-order chi connectivity index (χ1) is 6.29. The third kappa shape index (κ3) is 2.64. The molecule has 1 rings (SSSR count). The Morgan fingerprint density at radius 3 is 3.08 bits per heavy atom. The van der Waals surface area contributed by atoms with Crippen LogP contribution in [0.1, 0.15) is 18.2 Å².